The fraction of sp³-hybridized carbons (Fsp3) is 0.895. The summed E-state index contributed by atoms with van der Waals surface area (Å²) >= 11 is 0. The molecule has 0 bridgehead atoms. The number of hydrogen-bond acceptors (Lipinski definition) is 3. The molecule has 4 aliphatic carbocycles. The van der Waals surface area contributed by atoms with E-state index >= 15 is 0 Å². The monoisotopic (exact) mass is 304 g/mol. The number of carbonyl (C=O) groups is 2. The smallest absolute Gasteiger partial charge is 0.139 e. The maximum atomic E-state index is 13.0. The average molecular weight is 304 g/mol. The summed E-state index contributed by atoms with van der Waals surface area (Å²) in [6.07, 6.45) is 6.86. The molecule has 0 saturated heterocycles. The van der Waals surface area contributed by atoms with E-state index in [1.807, 2.05) is 0 Å². The Morgan fingerprint density at radius 1 is 1.09 bits per heavy atom. The lowest BCUT2D eigenvalue weighted by Crippen LogP contribution is -2.57. The van der Waals surface area contributed by atoms with Gasteiger partial charge < -0.3 is 5.11 Å². The van der Waals surface area contributed by atoms with E-state index in [-0.39, 0.29) is 22.9 Å². The Morgan fingerprint density at radius 3 is 2.64 bits per heavy atom. The van der Waals surface area contributed by atoms with E-state index in [1.54, 1.807) is 0 Å². The summed E-state index contributed by atoms with van der Waals surface area (Å²) in [6.45, 7) is 4.36. The lowest BCUT2D eigenvalue weighted by atomic mass is 9.45. The van der Waals surface area contributed by atoms with Crippen LogP contribution in [0.15, 0.2) is 0 Å². The second-order valence-corrected chi connectivity index (χ2v) is 8.98. The molecule has 1 N–H and O–H groups in total. The molecule has 4 fully saturated rings. The van der Waals surface area contributed by atoms with Crippen molar-refractivity contribution in [1.82, 2.24) is 0 Å². The van der Waals surface area contributed by atoms with Crippen molar-refractivity contribution in [3.63, 3.8) is 0 Å². The molecule has 7 atom stereocenters. The fourth-order valence-electron chi connectivity index (χ4n) is 6.83. The molecule has 0 heterocycles. The van der Waals surface area contributed by atoms with Crippen LogP contribution in [0.3, 0.4) is 0 Å². The lowest BCUT2D eigenvalue weighted by Gasteiger charge is -2.58. The van der Waals surface area contributed by atoms with Gasteiger partial charge >= 0.3 is 0 Å². The van der Waals surface area contributed by atoms with Gasteiger partial charge in [-0.2, -0.15) is 0 Å². The summed E-state index contributed by atoms with van der Waals surface area (Å²) in [4.78, 5) is 25.4. The Balaban J connectivity index is 1.71. The second kappa shape index (κ2) is 4.66. The topological polar surface area (TPSA) is 54.4 Å². The lowest BCUT2D eigenvalue weighted by molar-refractivity contribution is -0.162. The van der Waals surface area contributed by atoms with Crippen LogP contribution in [0.5, 0.6) is 0 Å². The molecule has 0 unspecified atom stereocenters. The summed E-state index contributed by atoms with van der Waals surface area (Å²) < 4.78 is 0. The van der Waals surface area contributed by atoms with E-state index in [0.29, 0.717) is 42.2 Å². The Morgan fingerprint density at radius 2 is 1.86 bits per heavy atom. The highest BCUT2D eigenvalue weighted by molar-refractivity contribution is 5.95. The van der Waals surface area contributed by atoms with Gasteiger partial charge in [-0.3, -0.25) is 9.59 Å². The predicted molar refractivity (Wildman–Crippen MR) is 83.1 cm³/mol. The van der Waals surface area contributed by atoms with Crippen LogP contribution in [0.2, 0.25) is 0 Å². The SMILES string of the molecule is C[C@]12CC[C@@H](O)C[C@@H]1CC[C@@H]1[C@@H]2C(=O)C[C@]2(C)C(=O)CC[C@@H]12. The Labute approximate surface area is 132 Å². The van der Waals surface area contributed by atoms with Gasteiger partial charge in [0.2, 0.25) is 0 Å². The van der Waals surface area contributed by atoms with Gasteiger partial charge in [-0.25, -0.2) is 0 Å². The maximum absolute atomic E-state index is 13.0. The third kappa shape index (κ3) is 1.78. The zero-order valence-electron chi connectivity index (χ0n) is 13.8. The van der Waals surface area contributed by atoms with Gasteiger partial charge in [0.25, 0.3) is 0 Å². The molecule has 0 spiro atoms. The molecule has 22 heavy (non-hydrogen) atoms. The Bertz CT molecular complexity index is 527. The number of ketones is 2. The minimum Gasteiger partial charge on any atom is -0.393 e. The van der Waals surface area contributed by atoms with Gasteiger partial charge in [-0.15, -0.1) is 0 Å². The molecule has 122 valence electrons. The number of aliphatic hydroxyl groups is 1. The molecule has 4 aliphatic rings. The molecule has 3 heteroatoms. The van der Waals surface area contributed by atoms with E-state index in [4.69, 9.17) is 0 Å². The van der Waals surface area contributed by atoms with E-state index in [1.165, 1.54) is 0 Å². The first-order valence-corrected chi connectivity index (χ1v) is 9.10. The van der Waals surface area contributed by atoms with E-state index < -0.39 is 0 Å². The van der Waals surface area contributed by atoms with Crippen molar-refractivity contribution in [3.05, 3.63) is 0 Å². The van der Waals surface area contributed by atoms with Crippen molar-refractivity contribution in [2.24, 2.45) is 34.5 Å². The van der Waals surface area contributed by atoms with Gasteiger partial charge in [0, 0.05) is 24.2 Å². The van der Waals surface area contributed by atoms with Gasteiger partial charge in [0.15, 0.2) is 0 Å². The Kier molecular flexibility index (Phi) is 3.15. The van der Waals surface area contributed by atoms with Crippen LogP contribution < -0.4 is 0 Å². The van der Waals surface area contributed by atoms with Crippen molar-refractivity contribution in [2.45, 2.75) is 71.3 Å². The highest BCUT2D eigenvalue weighted by atomic mass is 16.3. The number of carbonyl (C=O) groups excluding carboxylic acids is 2. The summed E-state index contributed by atoms with van der Waals surface area (Å²) in [5, 5.41) is 10.0. The number of aliphatic hydroxyl groups excluding tert-OH is 1. The molecular formula is C19H28O3. The third-order valence-electron chi connectivity index (χ3n) is 8.04. The molecule has 0 radical (unpaired) electrons. The van der Waals surface area contributed by atoms with Gasteiger partial charge in [-0.05, 0) is 61.7 Å². The quantitative estimate of drug-likeness (QED) is 0.748. The van der Waals surface area contributed by atoms with E-state index in [0.717, 1.165) is 38.5 Å². The summed E-state index contributed by atoms with van der Waals surface area (Å²) in [5.41, 5.74) is -0.304. The number of Topliss-reactive ketones (excluding diaryl/α,β-unsaturated/α-hetero) is 2. The minimum atomic E-state index is -0.365. The standard InChI is InChI=1S/C19H28O3/c1-18-8-7-12(20)9-11(18)3-4-13-14-5-6-16(22)19(14,2)10-15(21)17(13)18/h11-14,17,20H,3-10H2,1-2H3/t11-,12+,13-,14-,17+,18-,19-/m0/s1. The first-order valence-electron chi connectivity index (χ1n) is 9.10. The van der Waals surface area contributed by atoms with Gasteiger partial charge in [0.1, 0.15) is 11.6 Å². The minimum absolute atomic E-state index is 0.0617. The van der Waals surface area contributed by atoms with Crippen molar-refractivity contribution in [1.29, 1.82) is 0 Å². The van der Waals surface area contributed by atoms with Gasteiger partial charge in [-0.1, -0.05) is 13.8 Å². The largest absolute Gasteiger partial charge is 0.393 e. The summed E-state index contributed by atoms with van der Waals surface area (Å²) in [5.74, 6) is 2.14. The molecule has 0 aromatic carbocycles. The summed E-state index contributed by atoms with van der Waals surface area (Å²) in [6, 6.07) is 0. The molecule has 0 aromatic rings. The normalized spacial score (nSPS) is 54.6. The second-order valence-electron chi connectivity index (χ2n) is 8.98. The van der Waals surface area contributed by atoms with Crippen molar-refractivity contribution < 1.29 is 14.7 Å². The maximum Gasteiger partial charge on any atom is 0.139 e. The highest BCUT2D eigenvalue weighted by Crippen LogP contribution is 2.64. The summed E-state index contributed by atoms with van der Waals surface area (Å²) in [7, 11) is 0. The molecular weight excluding hydrogens is 276 g/mol. The molecule has 4 rings (SSSR count). The third-order valence-corrected chi connectivity index (χ3v) is 8.04. The van der Waals surface area contributed by atoms with Crippen molar-refractivity contribution >= 4 is 11.6 Å². The first kappa shape index (κ1) is 14.9. The van der Waals surface area contributed by atoms with Crippen LogP contribution >= 0.6 is 0 Å². The van der Waals surface area contributed by atoms with Crippen LogP contribution in [0.1, 0.15) is 65.2 Å². The van der Waals surface area contributed by atoms with Crippen molar-refractivity contribution in [2.75, 3.05) is 0 Å². The van der Waals surface area contributed by atoms with Crippen LogP contribution in [-0.4, -0.2) is 22.8 Å². The number of hydrogen-bond donors (Lipinski definition) is 1. The fourth-order valence-corrected chi connectivity index (χ4v) is 6.83. The molecule has 0 aliphatic heterocycles. The van der Waals surface area contributed by atoms with E-state index in [2.05, 4.69) is 13.8 Å². The van der Waals surface area contributed by atoms with Crippen LogP contribution in [0.4, 0.5) is 0 Å². The molecule has 3 nitrogen and oxygen atoms in total. The van der Waals surface area contributed by atoms with Crippen LogP contribution in [0.25, 0.3) is 0 Å². The predicted octanol–water partition coefficient (Wildman–Crippen LogP) is 3.14. The molecule has 0 aromatic heterocycles. The zero-order valence-corrected chi connectivity index (χ0v) is 13.8. The van der Waals surface area contributed by atoms with E-state index in [9.17, 15) is 14.7 Å². The molecule has 4 saturated carbocycles. The first-order chi connectivity index (χ1) is 10.4. The average Bonchev–Trinajstić information content (AvgIpc) is 2.75. The number of fused-ring (bicyclic) bond motifs is 5. The van der Waals surface area contributed by atoms with Crippen LogP contribution in [-0.2, 0) is 9.59 Å². The Hall–Kier alpha value is -0.700. The van der Waals surface area contributed by atoms with Crippen molar-refractivity contribution in [3.8, 4) is 0 Å². The van der Waals surface area contributed by atoms with Gasteiger partial charge in [0.05, 0.1) is 6.10 Å². The number of rotatable bonds is 0. The zero-order chi connectivity index (χ0) is 15.7. The molecule has 0 amide bonds. The van der Waals surface area contributed by atoms with Crippen LogP contribution in [0, 0.1) is 34.5 Å². The highest BCUT2D eigenvalue weighted by Gasteiger charge is 2.63.